The minimum absolute atomic E-state index is 0.0458. The predicted molar refractivity (Wildman–Crippen MR) is 74.3 cm³/mol. The number of carboxylic acids is 1. The number of hydrogen-bond acceptors (Lipinski definition) is 3. The van der Waals surface area contributed by atoms with Gasteiger partial charge in [-0.2, -0.15) is 0 Å². The second kappa shape index (κ2) is 7.56. The number of halogens is 2. The lowest BCUT2D eigenvalue weighted by molar-refractivity contribution is -0.120. The smallest absolute Gasteiger partial charge is 0.335 e. The molecule has 0 aliphatic carbocycles. The maximum atomic E-state index is 13.6. The minimum atomic E-state index is -1.41. The Balaban J connectivity index is 2.56. The van der Waals surface area contributed by atoms with Crippen LogP contribution in [0.3, 0.4) is 0 Å². The fraction of sp³-hybridized carbons (Fsp3) is 0.429. The molecular weight excluding hydrogens is 282 g/mol. The molecule has 0 atom stereocenters. The standard InChI is InChI=1S/C14H18F2N2O3/c1-8(2)7-18-12(19)3-4-17-13-10(15)5-9(14(20)21)6-11(13)16/h5-6,8,17H,3-4,7H2,1-2H3,(H,18,19)(H,20,21). The Labute approximate surface area is 121 Å². The van der Waals surface area contributed by atoms with Crippen molar-refractivity contribution in [3.63, 3.8) is 0 Å². The van der Waals surface area contributed by atoms with Crippen LogP contribution in [0.2, 0.25) is 0 Å². The summed E-state index contributed by atoms with van der Waals surface area (Å²) in [5, 5.41) is 13.8. The molecule has 0 spiro atoms. The quantitative estimate of drug-likeness (QED) is 0.721. The summed E-state index contributed by atoms with van der Waals surface area (Å²) < 4.78 is 27.2. The van der Waals surface area contributed by atoms with Crippen LogP contribution in [0.1, 0.15) is 30.6 Å². The summed E-state index contributed by atoms with van der Waals surface area (Å²) in [6.07, 6.45) is 0.0618. The van der Waals surface area contributed by atoms with E-state index >= 15 is 0 Å². The van der Waals surface area contributed by atoms with Crippen LogP contribution >= 0.6 is 0 Å². The fourth-order valence-corrected chi connectivity index (χ4v) is 1.57. The molecule has 1 aromatic rings. The number of rotatable bonds is 7. The minimum Gasteiger partial charge on any atom is -0.478 e. The SMILES string of the molecule is CC(C)CNC(=O)CCNc1c(F)cc(C(=O)O)cc1F. The molecule has 0 heterocycles. The number of aromatic carboxylic acids is 1. The highest BCUT2D eigenvalue weighted by atomic mass is 19.1. The highest BCUT2D eigenvalue weighted by Crippen LogP contribution is 2.20. The van der Waals surface area contributed by atoms with Gasteiger partial charge in [0.1, 0.15) is 17.3 Å². The summed E-state index contributed by atoms with van der Waals surface area (Å²) in [5.41, 5.74) is -0.901. The summed E-state index contributed by atoms with van der Waals surface area (Å²) in [5.74, 6) is -3.32. The number of anilines is 1. The average Bonchev–Trinajstić information content (AvgIpc) is 2.39. The van der Waals surface area contributed by atoms with Crippen LogP contribution in [0.15, 0.2) is 12.1 Å². The van der Waals surface area contributed by atoms with Crippen molar-refractivity contribution in [3.8, 4) is 0 Å². The van der Waals surface area contributed by atoms with Gasteiger partial charge in [-0.15, -0.1) is 0 Å². The van der Waals surface area contributed by atoms with E-state index in [0.717, 1.165) is 12.1 Å². The zero-order valence-electron chi connectivity index (χ0n) is 11.9. The third kappa shape index (κ3) is 5.37. The maximum Gasteiger partial charge on any atom is 0.335 e. The van der Waals surface area contributed by atoms with Crippen LogP contribution < -0.4 is 10.6 Å². The maximum absolute atomic E-state index is 13.6. The van der Waals surface area contributed by atoms with E-state index in [2.05, 4.69) is 10.6 Å². The highest BCUT2D eigenvalue weighted by molar-refractivity contribution is 5.88. The lowest BCUT2D eigenvalue weighted by atomic mass is 10.2. The Morgan fingerprint density at radius 2 is 1.81 bits per heavy atom. The van der Waals surface area contributed by atoms with E-state index in [0.29, 0.717) is 12.5 Å². The summed E-state index contributed by atoms with van der Waals surface area (Å²) in [6, 6.07) is 1.46. The van der Waals surface area contributed by atoms with E-state index in [4.69, 9.17) is 5.11 Å². The van der Waals surface area contributed by atoms with Crippen LogP contribution in [0.5, 0.6) is 0 Å². The summed E-state index contributed by atoms with van der Waals surface area (Å²) in [6.45, 7) is 4.49. The predicted octanol–water partition coefficient (Wildman–Crippen LogP) is 2.24. The average molecular weight is 300 g/mol. The Hall–Kier alpha value is -2.18. The van der Waals surface area contributed by atoms with Crippen molar-refractivity contribution in [2.75, 3.05) is 18.4 Å². The van der Waals surface area contributed by atoms with E-state index in [1.165, 1.54) is 0 Å². The molecule has 0 aliphatic heterocycles. The molecule has 7 heteroatoms. The molecule has 3 N–H and O–H groups in total. The third-order valence-corrected chi connectivity index (χ3v) is 2.65. The first-order valence-electron chi connectivity index (χ1n) is 6.54. The number of carboxylic acid groups (broad SMARTS) is 1. The van der Waals surface area contributed by atoms with Gasteiger partial charge in [0.15, 0.2) is 0 Å². The molecule has 1 amide bonds. The number of carbonyl (C=O) groups is 2. The molecule has 0 aromatic heterocycles. The van der Waals surface area contributed by atoms with Crippen molar-refractivity contribution in [2.24, 2.45) is 5.92 Å². The normalized spacial score (nSPS) is 10.5. The lowest BCUT2D eigenvalue weighted by Gasteiger charge is -2.10. The van der Waals surface area contributed by atoms with Crippen molar-refractivity contribution in [1.82, 2.24) is 5.32 Å². The molecular formula is C14H18F2N2O3. The van der Waals surface area contributed by atoms with Gasteiger partial charge in [-0.25, -0.2) is 13.6 Å². The number of carbonyl (C=O) groups excluding carboxylic acids is 1. The van der Waals surface area contributed by atoms with Crippen molar-refractivity contribution in [3.05, 3.63) is 29.3 Å². The molecule has 116 valence electrons. The van der Waals surface area contributed by atoms with Gasteiger partial charge in [0.05, 0.1) is 5.56 Å². The molecule has 0 unspecified atom stereocenters. The van der Waals surface area contributed by atoms with Gasteiger partial charge in [-0.1, -0.05) is 13.8 Å². The highest BCUT2D eigenvalue weighted by Gasteiger charge is 2.14. The molecule has 5 nitrogen and oxygen atoms in total. The topological polar surface area (TPSA) is 78.4 Å². The Morgan fingerprint density at radius 3 is 2.29 bits per heavy atom. The monoisotopic (exact) mass is 300 g/mol. The zero-order valence-corrected chi connectivity index (χ0v) is 11.9. The van der Waals surface area contributed by atoms with E-state index in [9.17, 15) is 18.4 Å². The van der Waals surface area contributed by atoms with Crippen molar-refractivity contribution >= 4 is 17.6 Å². The van der Waals surface area contributed by atoms with Crippen LogP contribution in [0.25, 0.3) is 0 Å². The van der Waals surface area contributed by atoms with E-state index in [1.807, 2.05) is 13.8 Å². The second-order valence-electron chi connectivity index (χ2n) is 4.99. The summed E-state index contributed by atoms with van der Waals surface area (Å²) >= 11 is 0. The second-order valence-corrected chi connectivity index (χ2v) is 4.99. The van der Waals surface area contributed by atoms with Gasteiger partial charge >= 0.3 is 5.97 Å². The molecule has 0 saturated heterocycles. The molecule has 0 radical (unpaired) electrons. The van der Waals surface area contributed by atoms with E-state index in [1.54, 1.807) is 0 Å². The van der Waals surface area contributed by atoms with Crippen molar-refractivity contribution in [2.45, 2.75) is 20.3 Å². The van der Waals surface area contributed by atoms with Crippen LogP contribution in [-0.2, 0) is 4.79 Å². The van der Waals surface area contributed by atoms with Gasteiger partial charge in [-0.3, -0.25) is 4.79 Å². The molecule has 1 aromatic carbocycles. The van der Waals surface area contributed by atoms with Gasteiger partial charge in [0.2, 0.25) is 5.91 Å². The molecule has 21 heavy (non-hydrogen) atoms. The molecule has 1 rings (SSSR count). The first kappa shape index (κ1) is 16.9. The van der Waals surface area contributed by atoms with Crippen LogP contribution in [0.4, 0.5) is 14.5 Å². The Bertz CT molecular complexity index is 510. The first-order valence-corrected chi connectivity index (χ1v) is 6.54. The van der Waals surface area contributed by atoms with Gasteiger partial charge in [0, 0.05) is 19.5 Å². The van der Waals surface area contributed by atoms with Gasteiger partial charge in [-0.05, 0) is 18.1 Å². The Kier molecular flexibility index (Phi) is 6.08. The van der Waals surface area contributed by atoms with Gasteiger partial charge in [0.25, 0.3) is 0 Å². The number of benzene rings is 1. The van der Waals surface area contributed by atoms with Gasteiger partial charge < -0.3 is 15.7 Å². The number of hydrogen-bond donors (Lipinski definition) is 3. The third-order valence-electron chi connectivity index (χ3n) is 2.65. The molecule has 0 aliphatic rings. The number of nitrogens with one attached hydrogen (secondary N) is 2. The molecule has 0 saturated carbocycles. The molecule has 0 fully saturated rings. The summed E-state index contributed by atoms with van der Waals surface area (Å²) in [7, 11) is 0. The van der Waals surface area contributed by atoms with E-state index in [-0.39, 0.29) is 18.9 Å². The van der Waals surface area contributed by atoms with Crippen molar-refractivity contribution in [1.29, 1.82) is 0 Å². The summed E-state index contributed by atoms with van der Waals surface area (Å²) in [4.78, 5) is 22.1. The Morgan fingerprint density at radius 1 is 1.24 bits per heavy atom. The zero-order chi connectivity index (χ0) is 16.0. The van der Waals surface area contributed by atoms with Crippen LogP contribution in [0, 0.1) is 17.6 Å². The van der Waals surface area contributed by atoms with E-state index < -0.39 is 28.9 Å². The van der Waals surface area contributed by atoms with Crippen LogP contribution in [-0.4, -0.2) is 30.1 Å². The number of amides is 1. The fourth-order valence-electron chi connectivity index (χ4n) is 1.57. The van der Waals surface area contributed by atoms with Crippen molar-refractivity contribution < 1.29 is 23.5 Å². The lowest BCUT2D eigenvalue weighted by Crippen LogP contribution is -2.28. The largest absolute Gasteiger partial charge is 0.478 e. The molecule has 0 bridgehead atoms. The first-order chi connectivity index (χ1) is 9.81.